The van der Waals surface area contributed by atoms with Gasteiger partial charge < -0.3 is 4.98 Å². The predicted molar refractivity (Wildman–Crippen MR) is 72.4 cm³/mol. The maximum atomic E-state index is 11.7. The SMILES string of the molecule is Cn1c(=O)[nH]c(=O)c2[nH]c(-c3ccccc3Cl)nc21. The fraction of sp³-hybridized carbons (Fsp3) is 0.0833. The number of hydrogen-bond donors (Lipinski definition) is 2. The molecule has 2 aromatic heterocycles. The van der Waals surface area contributed by atoms with Crippen LogP contribution in [0.2, 0.25) is 5.02 Å². The number of aromatic nitrogens is 4. The maximum Gasteiger partial charge on any atom is 0.329 e. The van der Waals surface area contributed by atoms with Crippen LogP contribution in [0.3, 0.4) is 0 Å². The molecule has 2 N–H and O–H groups in total. The summed E-state index contributed by atoms with van der Waals surface area (Å²) in [5.41, 5.74) is 0.214. The fourth-order valence-corrected chi connectivity index (χ4v) is 2.11. The molecule has 7 heteroatoms. The van der Waals surface area contributed by atoms with E-state index < -0.39 is 11.2 Å². The molecule has 0 fully saturated rings. The molecule has 19 heavy (non-hydrogen) atoms. The van der Waals surface area contributed by atoms with Gasteiger partial charge in [0.15, 0.2) is 5.65 Å². The first-order valence-corrected chi connectivity index (χ1v) is 5.89. The highest BCUT2D eigenvalue weighted by Gasteiger charge is 2.13. The maximum absolute atomic E-state index is 11.7. The van der Waals surface area contributed by atoms with Crippen molar-refractivity contribution in [1.29, 1.82) is 0 Å². The Kier molecular flexibility index (Phi) is 2.53. The summed E-state index contributed by atoms with van der Waals surface area (Å²) in [5.74, 6) is 0.451. The molecule has 0 unspecified atom stereocenters. The van der Waals surface area contributed by atoms with Gasteiger partial charge in [-0.3, -0.25) is 14.3 Å². The molecular weight excluding hydrogens is 268 g/mol. The van der Waals surface area contributed by atoms with Crippen LogP contribution < -0.4 is 11.2 Å². The Hall–Kier alpha value is -2.34. The van der Waals surface area contributed by atoms with Crippen molar-refractivity contribution in [3.05, 3.63) is 50.1 Å². The first-order chi connectivity index (χ1) is 9.08. The number of fused-ring (bicyclic) bond motifs is 1. The molecule has 0 spiro atoms. The number of hydrogen-bond acceptors (Lipinski definition) is 3. The molecule has 0 amide bonds. The minimum Gasteiger partial charge on any atom is -0.332 e. The molecule has 3 rings (SSSR count). The number of rotatable bonds is 1. The minimum absolute atomic E-state index is 0.247. The number of halogens is 1. The second-order valence-electron chi connectivity index (χ2n) is 4.08. The summed E-state index contributed by atoms with van der Waals surface area (Å²) in [6.45, 7) is 0. The summed E-state index contributed by atoms with van der Waals surface area (Å²) in [6, 6.07) is 7.13. The van der Waals surface area contributed by atoms with Gasteiger partial charge in [0.25, 0.3) is 5.56 Å². The molecule has 0 saturated heterocycles. The van der Waals surface area contributed by atoms with Gasteiger partial charge in [0.1, 0.15) is 11.3 Å². The zero-order valence-corrected chi connectivity index (χ0v) is 10.7. The third kappa shape index (κ3) is 1.77. The lowest BCUT2D eigenvalue weighted by molar-refractivity contribution is 0.832. The van der Waals surface area contributed by atoms with Gasteiger partial charge in [-0.25, -0.2) is 9.78 Å². The van der Waals surface area contributed by atoms with E-state index in [1.54, 1.807) is 18.2 Å². The lowest BCUT2D eigenvalue weighted by atomic mass is 10.2. The highest BCUT2D eigenvalue weighted by molar-refractivity contribution is 6.33. The summed E-state index contributed by atoms with van der Waals surface area (Å²) in [4.78, 5) is 32.6. The summed E-state index contributed by atoms with van der Waals surface area (Å²) in [7, 11) is 1.54. The summed E-state index contributed by atoms with van der Waals surface area (Å²) >= 11 is 6.08. The number of aryl methyl sites for hydroxylation is 1. The Bertz CT molecular complexity index is 891. The van der Waals surface area contributed by atoms with Crippen LogP contribution in [0.25, 0.3) is 22.6 Å². The van der Waals surface area contributed by atoms with E-state index in [-0.39, 0.29) is 5.52 Å². The molecule has 2 heterocycles. The zero-order valence-electron chi connectivity index (χ0n) is 9.90. The number of imidazole rings is 1. The molecule has 0 bridgehead atoms. The third-order valence-corrected chi connectivity index (χ3v) is 3.21. The third-order valence-electron chi connectivity index (χ3n) is 2.88. The monoisotopic (exact) mass is 276 g/mol. The number of H-pyrrole nitrogens is 2. The van der Waals surface area contributed by atoms with E-state index in [0.717, 1.165) is 0 Å². The van der Waals surface area contributed by atoms with Crippen LogP contribution in [0, 0.1) is 0 Å². The largest absolute Gasteiger partial charge is 0.332 e. The van der Waals surface area contributed by atoms with Gasteiger partial charge in [0, 0.05) is 12.6 Å². The van der Waals surface area contributed by atoms with Crippen LogP contribution in [0.1, 0.15) is 0 Å². The molecule has 0 radical (unpaired) electrons. The van der Waals surface area contributed by atoms with Gasteiger partial charge in [-0.2, -0.15) is 0 Å². The number of nitrogens with zero attached hydrogens (tertiary/aromatic N) is 2. The smallest absolute Gasteiger partial charge is 0.329 e. The zero-order chi connectivity index (χ0) is 13.6. The van der Waals surface area contributed by atoms with Crippen molar-refractivity contribution in [2.45, 2.75) is 0 Å². The van der Waals surface area contributed by atoms with E-state index in [1.807, 2.05) is 6.07 Å². The molecule has 3 aromatic rings. The Labute approximate surface area is 111 Å². The van der Waals surface area contributed by atoms with E-state index in [9.17, 15) is 9.59 Å². The van der Waals surface area contributed by atoms with E-state index in [1.165, 1.54) is 11.6 Å². The molecule has 1 aromatic carbocycles. The quantitative estimate of drug-likeness (QED) is 0.702. The Morgan fingerprint density at radius 1 is 1.21 bits per heavy atom. The van der Waals surface area contributed by atoms with Gasteiger partial charge >= 0.3 is 5.69 Å². The van der Waals surface area contributed by atoms with Crippen molar-refractivity contribution >= 4 is 22.8 Å². The summed E-state index contributed by atoms with van der Waals surface area (Å²) in [6.07, 6.45) is 0. The van der Waals surface area contributed by atoms with Gasteiger partial charge in [-0.1, -0.05) is 23.7 Å². The number of benzene rings is 1. The van der Waals surface area contributed by atoms with Crippen LogP contribution in [0.5, 0.6) is 0 Å². The molecular formula is C12H9ClN4O2. The first kappa shape index (κ1) is 11.7. The van der Waals surface area contributed by atoms with E-state index in [2.05, 4.69) is 15.0 Å². The van der Waals surface area contributed by atoms with Crippen LogP contribution >= 0.6 is 11.6 Å². The molecule has 96 valence electrons. The van der Waals surface area contributed by atoms with Crippen molar-refractivity contribution in [3.63, 3.8) is 0 Å². The second-order valence-corrected chi connectivity index (χ2v) is 4.49. The van der Waals surface area contributed by atoms with Crippen LogP contribution in [-0.2, 0) is 7.05 Å². The summed E-state index contributed by atoms with van der Waals surface area (Å²) < 4.78 is 1.27. The molecule has 0 aliphatic carbocycles. The highest BCUT2D eigenvalue weighted by Crippen LogP contribution is 2.25. The van der Waals surface area contributed by atoms with Gasteiger partial charge in [0.05, 0.1) is 5.02 Å². The van der Waals surface area contributed by atoms with E-state index >= 15 is 0 Å². The van der Waals surface area contributed by atoms with Crippen molar-refractivity contribution in [2.24, 2.45) is 7.05 Å². The first-order valence-electron chi connectivity index (χ1n) is 5.52. The van der Waals surface area contributed by atoms with E-state index in [4.69, 9.17) is 11.6 Å². The molecule has 0 aliphatic heterocycles. The van der Waals surface area contributed by atoms with Crippen molar-refractivity contribution in [3.8, 4) is 11.4 Å². The van der Waals surface area contributed by atoms with Crippen molar-refractivity contribution in [1.82, 2.24) is 19.5 Å². The van der Waals surface area contributed by atoms with E-state index in [0.29, 0.717) is 22.1 Å². The van der Waals surface area contributed by atoms with Crippen LogP contribution in [0.4, 0.5) is 0 Å². The Morgan fingerprint density at radius 2 is 1.95 bits per heavy atom. The second kappa shape index (κ2) is 4.10. The normalized spacial score (nSPS) is 11.1. The average Bonchev–Trinajstić information content (AvgIpc) is 2.82. The number of aromatic amines is 2. The van der Waals surface area contributed by atoms with Crippen LogP contribution in [0.15, 0.2) is 33.9 Å². The van der Waals surface area contributed by atoms with Crippen LogP contribution in [-0.4, -0.2) is 19.5 Å². The van der Waals surface area contributed by atoms with Crippen molar-refractivity contribution < 1.29 is 0 Å². The minimum atomic E-state index is -0.505. The Balaban J connectivity index is 2.38. The lowest BCUT2D eigenvalue weighted by Gasteiger charge is -1.98. The Morgan fingerprint density at radius 3 is 2.68 bits per heavy atom. The average molecular weight is 277 g/mol. The standard InChI is InChI=1S/C12H9ClN4O2/c1-17-10-8(11(18)16-12(17)19)14-9(15-10)6-4-2-3-5-7(6)13/h2-5H,1H3,(H,14,15)(H,16,18,19). The molecule has 0 aliphatic rings. The number of nitrogens with one attached hydrogen (secondary N) is 2. The predicted octanol–water partition coefficient (Wildman–Crippen LogP) is 1.27. The molecule has 6 nitrogen and oxygen atoms in total. The highest BCUT2D eigenvalue weighted by atomic mass is 35.5. The topological polar surface area (TPSA) is 83.5 Å². The van der Waals surface area contributed by atoms with Crippen molar-refractivity contribution in [2.75, 3.05) is 0 Å². The molecule has 0 atom stereocenters. The van der Waals surface area contributed by atoms with Gasteiger partial charge in [-0.15, -0.1) is 0 Å². The summed E-state index contributed by atoms with van der Waals surface area (Å²) in [5, 5.41) is 0.517. The van der Waals surface area contributed by atoms with Gasteiger partial charge in [0.2, 0.25) is 0 Å². The fourth-order valence-electron chi connectivity index (χ4n) is 1.89. The van der Waals surface area contributed by atoms with Gasteiger partial charge in [-0.05, 0) is 12.1 Å². The lowest BCUT2D eigenvalue weighted by Crippen LogP contribution is -2.28. The molecule has 0 saturated carbocycles.